The molecule has 0 bridgehead atoms. The maximum Gasteiger partial charge on any atom is 0.0477 e. The van der Waals surface area contributed by atoms with Crippen LogP contribution in [0.2, 0.25) is 0 Å². The van der Waals surface area contributed by atoms with Gasteiger partial charge in [-0.3, -0.25) is 0 Å². The second kappa shape index (κ2) is 6.99. The Hall–Kier alpha value is -0.380. The molecule has 0 fully saturated rings. The largest absolute Gasteiger partial charge is 0.385 e. The van der Waals surface area contributed by atoms with E-state index in [9.17, 15) is 0 Å². The van der Waals surface area contributed by atoms with E-state index >= 15 is 0 Å². The van der Waals surface area contributed by atoms with Gasteiger partial charge in [-0.25, -0.2) is 0 Å². The Morgan fingerprint density at radius 2 is 2.00 bits per heavy atom. The molecule has 0 aliphatic carbocycles. The normalized spacial score (nSPS) is 12.7. The molecule has 0 amide bonds. The molecular formula is C12H18BrNO. The molecule has 3 heteroatoms. The van der Waals surface area contributed by atoms with Gasteiger partial charge in [0.1, 0.15) is 0 Å². The first-order chi connectivity index (χ1) is 7.26. The van der Waals surface area contributed by atoms with E-state index < -0.39 is 0 Å². The zero-order valence-corrected chi connectivity index (χ0v) is 10.9. The number of hydrogen-bond acceptors (Lipinski definition) is 2. The molecule has 0 spiro atoms. The Bertz CT molecular complexity index is 273. The first-order valence-corrected chi connectivity index (χ1v) is 5.96. The first-order valence-electron chi connectivity index (χ1n) is 5.17. The SMILES string of the molecule is CNC(CCOC)Cc1ccc(Br)cc1. The Balaban J connectivity index is 2.47. The van der Waals surface area contributed by atoms with Gasteiger partial charge in [0.15, 0.2) is 0 Å². The van der Waals surface area contributed by atoms with Crippen molar-refractivity contribution in [1.82, 2.24) is 5.32 Å². The van der Waals surface area contributed by atoms with Crippen LogP contribution in [0.1, 0.15) is 12.0 Å². The van der Waals surface area contributed by atoms with Gasteiger partial charge in [-0.2, -0.15) is 0 Å². The lowest BCUT2D eigenvalue weighted by Gasteiger charge is -2.15. The van der Waals surface area contributed by atoms with Gasteiger partial charge in [0.2, 0.25) is 0 Å². The third-order valence-electron chi connectivity index (χ3n) is 2.47. The van der Waals surface area contributed by atoms with Crippen LogP contribution in [0.25, 0.3) is 0 Å². The van der Waals surface area contributed by atoms with Crippen molar-refractivity contribution in [3.8, 4) is 0 Å². The van der Waals surface area contributed by atoms with Crippen LogP contribution in [0.15, 0.2) is 28.7 Å². The summed E-state index contributed by atoms with van der Waals surface area (Å²) in [5.41, 5.74) is 1.36. The van der Waals surface area contributed by atoms with E-state index in [1.807, 2.05) is 7.05 Å². The second-order valence-electron chi connectivity index (χ2n) is 3.60. The molecule has 0 radical (unpaired) electrons. The van der Waals surface area contributed by atoms with Gasteiger partial charge in [0.05, 0.1) is 0 Å². The van der Waals surface area contributed by atoms with E-state index in [0.29, 0.717) is 6.04 Å². The van der Waals surface area contributed by atoms with Gasteiger partial charge in [0, 0.05) is 24.2 Å². The fourth-order valence-corrected chi connectivity index (χ4v) is 1.78. The average Bonchev–Trinajstić information content (AvgIpc) is 2.27. The molecule has 15 heavy (non-hydrogen) atoms. The number of nitrogens with one attached hydrogen (secondary N) is 1. The Morgan fingerprint density at radius 1 is 1.33 bits per heavy atom. The Morgan fingerprint density at radius 3 is 2.53 bits per heavy atom. The summed E-state index contributed by atoms with van der Waals surface area (Å²) in [6, 6.07) is 8.96. The van der Waals surface area contributed by atoms with E-state index in [1.165, 1.54) is 5.56 Å². The van der Waals surface area contributed by atoms with Crippen molar-refractivity contribution in [2.24, 2.45) is 0 Å². The number of rotatable bonds is 6. The van der Waals surface area contributed by atoms with Crippen LogP contribution in [0, 0.1) is 0 Å². The highest BCUT2D eigenvalue weighted by Crippen LogP contribution is 2.12. The fraction of sp³-hybridized carbons (Fsp3) is 0.500. The highest BCUT2D eigenvalue weighted by Gasteiger charge is 2.06. The van der Waals surface area contributed by atoms with Crippen LogP contribution in [-0.4, -0.2) is 26.8 Å². The molecule has 1 unspecified atom stereocenters. The van der Waals surface area contributed by atoms with Crippen molar-refractivity contribution in [2.45, 2.75) is 18.9 Å². The lowest BCUT2D eigenvalue weighted by atomic mass is 10.0. The molecule has 1 atom stereocenters. The highest BCUT2D eigenvalue weighted by molar-refractivity contribution is 9.10. The Labute approximate surface area is 100 Å². The predicted octanol–water partition coefficient (Wildman–Crippen LogP) is 2.62. The van der Waals surface area contributed by atoms with Crippen LogP contribution in [0.4, 0.5) is 0 Å². The Kier molecular flexibility index (Phi) is 5.91. The summed E-state index contributed by atoms with van der Waals surface area (Å²) in [6.07, 6.45) is 2.09. The summed E-state index contributed by atoms with van der Waals surface area (Å²) in [5, 5.41) is 3.31. The summed E-state index contributed by atoms with van der Waals surface area (Å²) < 4.78 is 6.21. The predicted molar refractivity (Wildman–Crippen MR) is 67.2 cm³/mol. The van der Waals surface area contributed by atoms with E-state index in [2.05, 4.69) is 45.5 Å². The quantitative estimate of drug-likeness (QED) is 0.859. The van der Waals surface area contributed by atoms with Crippen LogP contribution < -0.4 is 5.32 Å². The molecule has 1 aromatic rings. The number of benzene rings is 1. The number of ether oxygens (including phenoxy) is 1. The zero-order valence-electron chi connectivity index (χ0n) is 9.29. The maximum absolute atomic E-state index is 5.08. The van der Waals surface area contributed by atoms with E-state index in [4.69, 9.17) is 4.74 Å². The van der Waals surface area contributed by atoms with Crippen molar-refractivity contribution in [1.29, 1.82) is 0 Å². The van der Waals surface area contributed by atoms with Crippen LogP contribution >= 0.6 is 15.9 Å². The van der Waals surface area contributed by atoms with Gasteiger partial charge in [-0.05, 0) is 37.6 Å². The third-order valence-corrected chi connectivity index (χ3v) is 3.00. The number of likely N-dealkylation sites (N-methyl/N-ethyl adjacent to an activating group) is 1. The molecule has 84 valence electrons. The number of halogens is 1. The first kappa shape index (κ1) is 12.7. The standard InChI is InChI=1S/C12H18BrNO/c1-14-12(7-8-15-2)9-10-3-5-11(13)6-4-10/h3-6,12,14H,7-9H2,1-2H3. The van der Waals surface area contributed by atoms with Gasteiger partial charge in [-0.1, -0.05) is 28.1 Å². The number of hydrogen-bond donors (Lipinski definition) is 1. The van der Waals surface area contributed by atoms with Crippen molar-refractivity contribution in [2.75, 3.05) is 20.8 Å². The van der Waals surface area contributed by atoms with Gasteiger partial charge in [-0.15, -0.1) is 0 Å². The lowest BCUT2D eigenvalue weighted by molar-refractivity contribution is 0.184. The molecular weight excluding hydrogens is 254 g/mol. The monoisotopic (exact) mass is 271 g/mol. The van der Waals surface area contributed by atoms with Gasteiger partial charge >= 0.3 is 0 Å². The molecule has 1 aromatic carbocycles. The molecule has 2 nitrogen and oxygen atoms in total. The highest BCUT2D eigenvalue weighted by atomic mass is 79.9. The molecule has 0 aromatic heterocycles. The zero-order chi connectivity index (χ0) is 11.1. The summed E-state index contributed by atoms with van der Waals surface area (Å²) in [6.45, 7) is 0.808. The van der Waals surface area contributed by atoms with Crippen LogP contribution in [0.5, 0.6) is 0 Å². The van der Waals surface area contributed by atoms with E-state index in [0.717, 1.165) is 23.9 Å². The molecule has 0 heterocycles. The molecule has 1 N–H and O–H groups in total. The molecule has 0 aliphatic rings. The van der Waals surface area contributed by atoms with Crippen molar-refractivity contribution in [3.63, 3.8) is 0 Å². The summed E-state index contributed by atoms with van der Waals surface area (Å²) in [5.74, 6) is 0. The van der Waals surface area contributed by atoms with Crippen LogP contribution in [-0.2, 0) is 11.2 Å². The summed E-state index contributed by atoms with van der Waals surface area (Å²) >= 11 is 3.44. The van der Waals surface area contributed by atoms with Crippen molar-refractivity contribution >= 4 is 15.9 Å². The van der Waals surface area contributed by atoms with Crippen LogP contribution in [0.3, 0.4) is 0 Å². The maximum atomic E-state index is 5.08. The fourth-order valence-electron chi connectivity index (χ4n) is 1.51. The van der Waals surface area contributed by atoms with E-state index in [-0.39, 0.29) is 0 Å². The minimum Gasteiger partial charge on any atom is -0.385 e. The average molecular weight is 272 g/mol. The molecule has 0 saturated heterocycles. The molecule has 0 saturated carbocycles. The van der Waals surface area contributed by atoms with Gasteiger partial charge < -0.3 is 10.1 Å². The lowest BCUT2D eigenvalue weighted by Crippen LogP contribution is -2.28. The van der Waals surface area contributed by atoms with Crippen molar-refractivity contribution < 1.29 is 4.74 Å². The second-order valence-corrected chi connectivity index (χ2v) is 4.51. The van der Waals surface area contributed by atoms with E-state index in [1.54, 1.807) is 7.11 Å². The smallest absolute Gasteiger partial charge is 0.0477 e. The summed E-state index contributed by atoms with van der Waals surface area (Å²) in [4.78, 5) is 0. The molecule has 1 rings (SSSR count). The molecule has 0 aliphatic heterocycles. The summed E-state index contributed by atoms with van der Waals surface area (Å²) in [7, 11) is 3.74. The van der Waals surface area contributed by atoms with Crippen molar-refractivity contribution in [3.05, 3.63) is 34.3 Å². The minimum atomic E-state index is 0.492. The minimum absolute atomic E-state index is 0.492. The topological polar surface area (TPSA) is 21.3 Å². The van der Waals surface area contributed by atoms with Gasteiger partial charge in [0.25, 0.3) is 0 Å². The number of methoxy groups -OCH3 is 1. The third kappa shape index (κ3) is 4.78.